The Balaban J connectivity index is 1.81. The van der Waals surface area contributed by atoms with Gasteiger partial charge in [0, 0.05) is 19.2 Å². The molecule has 2 N–H and O–H groups in total. The number of hydrogen-bond donors (Lipinski definition) is 2. The van der Waals surface area contributed by atoms with Crippen LogP contribution in [-0.2, 0) is 13.1 Å². The lowest BCUT2D eigenvalue weighted by Gasteiger charge is -2.01. The maximum Gasteiger partial charge on any atom is 0.133 e. The van der Waals surface area contributed by atoms with Crippen LogP contribution in [0.1, 0.15) is 11.4 Å². The molecule has 0 fully saturated rings. The second-order valence-corrected chi connectivity index (χ2v) is 3.10. The summed E-state index contributed by atoms with van der Waals surface area (Å²) in [7, 11) is 0. The second kappa shape index (κ2) is 4.56. The molecule has 0 aliphatic rings. The minimum Gasteiger partial charge on any atom is -0.506 e. The Morgan fingerprint density at radius 3 is 2.73 bits per heavy atom. The number of nitrogens with zero attached hydrogens (tertiary/aromatic N) is 2. The van der Waals surface area contributed by atoms with Gasteiger partial charge in [0.15, 0.2) is 0 Å². The van der Waals surface area contributed by atoms with Gasteiger partial charge in [-0.1, -0.05) is 5.16 Å². The Morgan fingerprint density at radius 1 is 1.20 bits per heavy atom. The Hall–Kier alpha value is -1.88. The van der Waals surface area contributed by atoms with Crippen LogP contribution in [0.25, 0.3) is 0 Å². The molecule has 0 spiro atoms. The maximum absolute atomic E-state index is 9.03. The molecule has 0 saturated heterocycles. The summed E-state index contributed by atoms with van der Waals surface area (Å²) in [6, 6.07) is 5.18. The normalized spacial score (nSPS) is 10.4. The summed E-state index contributed by atoms with van der Waals surface area (Å²) in [5.41, 5.74) is 1.73. The number of hydrogen-bond acceptors (Lipinski definition) is 5. The maximum atomic E-state index is 9.03. The minimum absolute atomic E-state index is 0.176. The highest BCUT2D eigenvalue weighted by molar-refractivity contribution is 5.17. The number of aromatic nitrogens is 2. The molecule has 5 nitrogen and oxygen atoms in total. The first-order valence-corrected chi connectivity index (χ1v) is 4.58. The van der Waals surface area contributed by atoms with E-state index in [0.717, 1.165) is 11.4 Å². The molecule has 0 aliphatic heterocycles. The van der Waals surface area contributed by atoms with Crippen LogP contribution >= 0.6 is 0 Å². The second-order valence-electron chi connectivity index (χ2n) is 3.10. The predicted octanol–water partition coefficient (Wildman–Crippen LogP) is 1.06. The molecule has 0 amide bonds. The van der Waals surface area contributed by atoms with Gasteiger partial charge in [-0.2, -0.15) is 0 Å². The third-order valence-electron chi connectivity index (χ3n) is 1.91. The van der Waals surface area contributed by atoms with Gasteiger partial charge in [0.1, 0.15) is 12.0 Å². The molecule has 0 radical (unpaired) electrons. The Bertz CT molecular complexity index is 397. The van der Waals surface area contributed by atoms with Gasteiger partial charge in [-0.05, 0) is 12.1 Å². The van der Waals surface area contributed by atoms with Crippen molar-refractivity contribution in [2.24, 2.45) is 0 Å². The third-order valence-corrected chi connectivity index (χ3v) is 1.91. The number of nitrogens with one attached hydrogen (secondary N) is 1. The number of aromatic hydroxyl groups is 1. The summed E-state index contributed by atoms with van der Waals surface area (Å²) in [6.07, 6.45) is 2.96. The lowest BCUT2D eigenvalue weighted by atomic mass is 10.3. The molecule has 2 aromatic rings. The largest absolute Gasteiger partial charge is 0.506 e. The van der Waals surface area contributed by atoms with Gasteiger partial charge in [-0.15, -0.1) is 0 Å². The van der Waals surface area contributed by atoms with Gasteiger partial charge in [-0.25, -0.2) is 0 Å². The third kappa shape index (κ3) is 2.78. The summed E-state index contributed by atoms with van der Waals surface area (Å²) >= 11 is 0. The van der Waals surface area contributed by atoms with Crippen LogP contribution in [0.15, 0.2) is 35.2 Å². The van der Waals surface area contributed by atoms with Crippen LogP contribution in [-0.4, -0.2) is 15.2 Å². The summed E-state index contributed by atoms with van der Waals surface area (Å²) in [6.45, 7) is 1.27. The highest BCUT2D eigenvalue weighted by Gasteiger charge is 1.97. The average Bonchev–Trinajstić information content (AvgIpc) is 2.74. The quantitative estimate of drug-likeness (QED) is 0.781. The summed E-state index contributed by atoms with van der Waals surface area (Å²) in [5.74, 6) is 0.176. The van der Waals surface area contributed by atoms with Gasteiger partial charge >= 0.3 is 0 Å². The topological polar surface area (TPSA) is 71.2 Å². The Kier molecular flexibility index (Phi) is 2.94. The average molecular weight is 205 g/mol. The molecular formula is C10H11N3O2. The van der Waals surface area contributed by atoms with Crippen molar-refractivity contribution in [2.45, 2.75) is 13.1 Å². The fourth-order valence-electron chi connectivity index (χ4n) is 1.17. The molecule has 0 aromatic carbocycles. The zero-order valence-electron chi connectivity index (χ0n) is 8.05. The van der Waals surface area contributed by atoms with E-state index in [9.17, 15) is 0 Å². The van der Waals surface area contributed by atoms with Crippen LogP contribution in [0, 0.1) is 0 Å². The van der Waals surface area contributed by atoms with E-state index < -0.39 is 0 Å². The van der Waals surface area contributed by atoms with Crippen LogP contribution < -0.4 is 5.32 Å². The van der Waals surface area contributed by atoms with E-state index >= 15 is 0 Å². The van der Waals surface area contributed by atoms with Crippen molar-refractivity contribution in [3.8, 4) is 5.75 Å². The van der Waals surface area contributed by atoms with Crippen molar-refractivity contribution < 1.29 is 9.63 Å². The van der Waals surface area contributed by atoms with Gasteiger partial charge in [0.25, 0.3) is 0 Å². The molecule has 15 heavy (non-hydrogen) atoms. The van der Waals surface area contributed by atoms with E-state index in [1.807, 2.05) is 0 Å². The monoisotopic (exact) mass is 205 g/mol. The first-order chi connectivity index (χ1) is 7.34. The van der Waals surface area contributed by atoms with Gasteiger partial charge in [-0.3, -0.25) is 4.98 Å². The van der Waals surface area contributed by atoms with E-state index in [0.29, 0.717) is 13.1 Å². The van der Waals surface area contributed by atoms with Crippen LogP contribution in [0.4, 0.5) is 0 Å². The van der Waals surface area contributed by atoms with Crippen molar-refractivity contribution in [1.82, 2.24) is 15.5 Å². The fraction of sp³-hybridized carbons (Fsp3) is 0.200. The highest BCUT2D eigenvalue weighted by Crippen LogP contribution is 2.05. The molecule has 78 valence electrons. The minimum atomic E-state index is 0.176. The van der Waals surface area contributed by atoms with E-state index in [-0.39, 0.29) is 5.75 Å². The van der Waals surface area contributed by atoms with Crippen molar-refractivity contribution >= 4 is 0 Å². The summed E-state index contributed by atoms with van der Waals surface area (Å²) in [4.78, 5) is 4.04. The van der Waals surface area contributed by atoms with Crippen molar-refractivity contribution in [3.05, 3.63) is 42.0 Å². The van der Waals surface area contributed by atoms with Gasteiger partial charge in [0.05, 0.1) is 17.6 Å². The molecular weight excluding hydrogens is 194 g/mol. The predicted molar refractivity (Wildman–Crippen MR) is 52.9 cm³/mol. The molecule has 2 aromatic heterocycles. The van der Waals surface area contributed by atoms with E-state index in [4.69, 9.17) is 9.63 Å². The number of pyridine rings is 1. The van der Waals surface area contributed by atoms with Crippen molar-refractivity contribution in [1.29, 1.82) is 0 Å². The summed E-state index contributed by atoms with van der Waals surface area (Å²) < 4.78 is 4.69. The SMILES string of the molecule is Oc1ccc(CNCc2ccon2)nc1. The Labute approximate surface area is 86.7 Å². The first kappa shape index (κ1) is 9.67. The molecule has 0 atom stereocenters. The first-order valence-electron chi connectivity index (χ1n) is 4.58. The smallest absolute Gasteiger partial charge is 0.133 e. The van der Waals surface area contributed by atoms with Crippen LogP contribution in [0.2, 0.25) is 0 Å². The van der Waals surface area contributed by atoms with Gasteiger partial charge < -0.3 is 14.9 Å². The van der Waals surface area contributed by atoms with E-state index in [2.05, 4.69) is 15.5 Å². The zero-order chi connectivity index (χ0) is 10.5. The molecule has 0 aliphatic carbocycles. The number of rotatable bonds is 4. The molecule has 0 bridgehead atoms. The fourth-order valence-corrected chi connectivity index (χ4v) is 1.17. The lowest BCUT2D eigenvalue weighted by Crippen LogP contribution is -2.13. The van der Waals surface area contributed by atoms with Crippen molar-refractivity contribution in [3.63, 3.8) is 0 Å². The molecule has 0 unspecified atom stereocenters. The molecule has 0 saturated carbocycles. The Morgan fingerprint density at radius 2 is 2.07 bits per heavy atom. The van der Waals surface area contributed by atoms with Crippen LogP contribution in [0.5, 0.6) is 5.75 Å². The molecule has 2 rings (SSSR count). The zero-order valence-corrected chi connectivity index (χ0v) is 8.05. The van der Waals surface area contributed by atoms with Crippen LogP contribution in [0.3, 0.4) is 0 Å². The summed E-state index contributed by atoms with van der Waals surface area (Å²) in [5, 5.41) is 15.9. The van der Waals surface area contributed by atoms with Gasteiger partial charge in [0.2, 0.25) is 0 Å². The van der Waals surface area contributed by atoms with E-state index in [1.165, 1.54) is 12.5 Å². The highest BCUT2D eigenvalue weighted by atomic mass is 16.5. The standard InChI is InChI=1S/C10H11N3O2/c14-10-2-1-8(12-7-10)5-11-6-9-3-4-15-13-9/h1-4,7,11,14H,5-6H2. The molecule has 2 heterocycles. The lowest BCUT2D eigenvalue weighted by molar-refractivity contribution is 0.408. The van der Waals surface area contributed by atoms with E-state index in [1.54, 1.807) is 18.2 Å². The van der Waals surface area contributed by atoms with Crippen molar-refractivity contribution in [2.75, 3.05) is 0 Å². The molecule has 5 heteroatoms.